The van der Waals surface area contributed by atoms with E-state index in [1.54, 1.807) is 12.1 Å². The molecule has 0 saturated heterocycles. The van der Waals surface area contributed by atoms with Crippen molar-refractivity contribution < 1.29 is 19.5 Å². The first-order valence-corrected chi connectivity index (χ1v) is 11.8. The number of nitrogens with one attached hydrogen (secondary N) is 1. The first-order chi connectivity index (χ1) is 16.4. The van der Waals surface area contributed by atoms with Gasteiger partial charge in [0.2, 0.25) is 11.8 Å². The number of thioether (sulfide) groups is 1. The SMILES string of the molecule is C/C(=C/C(=O)Nc1ccc(SCC(=O)N2c3ccccc3CCc3ccccc32)cc1)C(=O)O. The maximum absolute atomic E-state index is 13.4. The minimum Gasteiger partial charge on any atom is -0.478 e. The Balaban J connectivity index is 1.46. The fourth-order valence-electron chi connectivity index (χ4n) is 3.83. The number of aryl methyl sites for hydroxylation is 2. The molecule has 172 valence electrons. The van der Waals surface area contributed by atoms with Crippen molar-refractivity contribution in [1.29, 1.82) is 0 Å². The zero-order chi connectivity index (χ0) is 24.1. The van der Waals surface area contributed by atoms with Gasteiger partial charge in [0.05, 0.1) is 17.1 Å². The molecule has 34 heavy (non-hydrogen) atoms. The van der Waals surface area contributed by atoms with E-state index in [-0.39, 0.29) is 17.2 Å². The molecular weight excluding hydrogens is 448 g/mol. The minimum atomic E-state index is -1.14. The third-order valence-electron chi connectivity index (χ3n) is 5.55. The number of anilines is 3. The molecule has 0 fully saturated rings. The van der Waals surface area contributed by atoms with Crippen LogP contribution in [0.4, 0.5) is 17.1 Å². The van der Waals surface area contributed by atoms with Gasteiger partial charge in [-0.25, -0.2) is 4.79 Å². The Morgan fingerprint density at radius 1 is 0.912 bits per heavy atom. The normalized spacial score (nSPS) is 12.9. The summed E-state index contributed by atoms with van der Waals surface area (Å²) in [5.74, 6) is -1.39. The van der Waals surface area contributed by atoms with Gasteiger partial charge in [-0.2, -0.15) is 0 Å². The van der Waals surface area contributed by atoms with Crippen LogP contribution in [0.2, 0.25) is 0 Å². The highest BCUT2D eigenvalue weighted by Crippen LogP contribution is 2.36. The van der Waals surface area contributed by atoms with Crippen molar-refractivity contribution in [2.75, 3.05) is 16.0 Å². The number of hydrogen-bond acceptors (Lipinski definition) is 4. The average molecular weight is 473 g/mol. The summed E-state index contributed by atoms with van der Waals surface area (Å²) in [6.07, 6.45) is 2.82. The van der Waals surface area contributed by atoms with Crippen molar-refractivity contribution in [2.45, 2.75) is 24.7 Å². The lowest BCUT2D eigenvalue weighted by Gasteiger charge is -2.25. The Kier molecular flexibility index (Phi) is 7.13. The molecule has 3 aromatic rings. The molecule has 6 nitrogen and oxygen atoms in total. The number of hydrogen-bond donors (Lipinski definition) is 2. The average Bonchev–Trinajstić information content (AvgIpc) is 3.00. The van der Waals surface area contributed by atoms with Gasteiger partial charge in [-0.1, -0.05) is 36.4 Å². The van der Waals surface area contributed by atoms with Crippen LogP contribution in [-0.2, 0) is 27.2 Å². The quantitative estimate of drug-likeness (QED) is 0.380. The van der Waals surface area contributed by atoms with Crippen molar-refractivity contribution in [2.24, 2.45) is 0 Å². The Morgan fingerprint density at radius 3 is 2.03 bits per heavy atom. The molecule has 1 heterocycles. The summed E-state index contributed by atoms with van der Waals surface area (Å²) in [5.41, 5.74) is 4.68. The number of amides is 2. The molecule has 1 aliphatic rings. The zero-order valence-corrected chi connectivity index (χ0v) is 19.5. The van der Waals surface area contributed by atoms with Crippen LogP contribution in [0, 0.1) is 0 Å². The van der Waals surface area contributed by atoms with E-state index in [4.69, 9.17) is 5.11 Å². The van der Waals surface area contributed by atoms with Gasteiger partial charge in [-0.15, -0.1) is 11.8 Å². The number of aliphatic carboxylic acids is 1. The molecule has 0 spiro atoms. The topological polar surface area (TPSA) is 86.7 Å². The molecule has 4 rings (SSSR count). The number of carbonyl (C=O) groups is 3. The largest absolute Gasteiger partial charge is 0.478 e. The van der Waals surface area contributed by atoms with Gasteiger partial charge in [0, 0.05) is 22.2 Å². The summed E-state index contributed by atoms with van der Waals surface area (Å²) in [4.78, 5) is 38.9. The summed E-state index contributed by atoms with van der Waals surface area (Å²) in [6, 6.07) is 23.2. The lowest BCUT2D eigenvalue weighted by atomic mass is 10.0. The van der Waals surface area contributed by atoms with Crippen molar-refractivity contribution >= 4 is 46.6 Å². The number of benzene rings is 3. The van der Waals surface area contributed by atoms with E-state index >= 15 is 0 Å². The van der Waals surface area contributed by atoms with Gasteiger partial charge in [0.25, 0.3) is 0 Å². The monoisotopic (exact) mass is 472 g/mol. The van der Waals surface area contributed by atoms with Gasteiger partial charge in [0.1, 0.15) is 0 Å². The highest BCUT2D eigenvalue weighted by molar-refractivity contribution is 8.00. The third kappa shape index (κ3) is 5.38. The number of para-hydroxylation sites is 2. The molecule has 0 unspecified atom stereocenters. The second kappa shape index (κ2) is 10.4. The Hall–Kier alpha value is -3.84. The molecule has 0 atom stereocenters. The van der Waals surface area contributed by atoms with E-state index in [2.05, 4.69) is 17.4 Å². The lowest BCUT2D eigenvalue weighted by Crippen LogP contribution is -2.28. The number of nitrogens with zero attached hydrogens (tertiary/aromatic N) is 1. The van der Waals surface area contributed by atoms with Crippen LogP contribution in [0.5, 0.6) is 0 Å². The highest BCUT2D eigenvalue weighted by Gasteiger charge is 2.25. The van der Waals surface area contributed by atoms with E-state index in [0.29, 0.717) is 5.69 Å². The van der Waals surface area contributed by atoms with Gasteiger partial charge in [0.15, 0.2) is 0 Å². The Morgan fingerprint density at radius 2 is 1.47 bits per heavy atom. The summed E-state index contributed by atoms with van der Waals surface area (Å²) in [7, 11) is 0. The van der Waals surface area contributed by atoms with Crippen molar-refractivity contribution in [3.8, 4) is 0 Å². The van der Waals surface area contributed by atoms with Gasteiger partial charge >= 0.3 is 5.97 Å². The van der Waals surface area contributed by atoms with Crippen LogP contribution in [0.15, 0.2) is 89.3 Å². The maximum Gasteiger partial charge on any atom is 0.331 e. The molecule has 0 radical (unpaired) electrons. The van der Waals surface area contributed by atoms with Crippen LogP contribution >= 0.6 is 11.8 Å². The minimum absolute atomic E-state index is 0.00142. The highest BCUT2D eigenvalue weighted by atomic mass is 32.2. The lowest BCUT2D eigenvalue weighted by molar-refractivity contribution is -0.132. The van der Waals surface area contributed by atoms with E-state index < -0.39 is 11.9 Å². The Bertz CT molecular complexity index is 1220. The summed E-state index contributed by atoms with van der Waals surface area (Å²) in [5, 5.41) is 11.5. The maximum atomic E-state index is 13.4. The molecule has 2 N–H and O–H groups in total. The molecular formula is C27H24N2O4S. The third-order valence-corrected chi connectivity index (χ3v) is 6.54. The van der Waals surface area contributed by atoms with E-state index in [0.717, 1.165) is 46.3 Å². The molecule has 2 amide bonds. The second-order valence-electron chi connectivity index (χ2n) is 7.92. The van der Waals surface area contributed by atoms with Crippen LogP contribution in [0.3, 0.4) is 0 Å². The fraction of sp³-hybridized carbons (Fsp3) is 0.148. The van der Waals surface area contributed by atoms with Gasteiger partial charge in [-0.05, 0) is 67.3 Å². The number of rotatable bonds is 6. The van der Waals surface area contributed by atoms with Crippen LogP contribution in [0.25, 0.3) is 0 Å². The number of carbonyl (C=O) groups excluding carboxylic acids is 2. The predicted molar refractivity (Wildman–Crippen MR) is 135 cm³/mol. The van der Waals surface area contributed by atoms with Crippen molar-refractivity contribution in [3.63, 3.8) is 0 Å². The molecule has 0 saturated carbocycles. The standard InChI is InChI=1S/C27H24N2O4S/c1-18(27(32)33)16-25(30)28-21-12-14-22(15-13-21)34-17-26(31)29-23-8-4-2-6-19(23)10-11-20-7-3-5-9-24(20)29/h2-9,12-16H,10-11,17H2,1H3,(H,28,30)(H,32,33)/b18-16-. The summed E-state index contributed by atoms with van der Waals surface area (Å²) >= 11 is 1.43. The molecule has 3 aromatic carbocycles. The smallest absolute Gasteiger partial charge is 0.331 e. The molecule has 0 aromatic heterocycles. The van der Waals surface area contributed by atoms with Gasteiger partial charge < -0.3 is 10.4 Å². The molecule has 0 aliphatic carbocycles. The fourth-order valence-corrected chi connectivity index (χ4v) is 4.58. The first kappa shape index (κ1) is 23.3. The molecule has 7 heteroatoms. The van der Waals surface area contributed by atoms with E-state index in [9.17, 15) is 14.4 Å². The Labute approximate surface area is 202 Å². The zero-order valence-electron chi connectivity index (χ0n) is 18.7. The van der Waals surface area contributed by atoms with Crippen LogP contribution in [-0.4, -0.2) is 28.6 Å². The number of carboxylic acids is 1. The van der Waals surface area contributed by atoms with E-state index in [1.165, 1.54) is 18.7 Å². The van der Waals surface area contributed by atoms with Crippen molar-refractivity contribution in [1.82, 2.24) is 0 Å². The van der Waals surface area contributed by atoms with Crippen LogP contribution < -0.4 is 10.2 Å². The van der Waals surface area contributed by atoms with Crippen molar-refractivity contribution in [3.05, 3.63) is 95.6 Å². The summed E-state index contributed by atoms with van der Waals surface area (Å²) in [6.45, 7) is 1.36. The molecule has 1 aliphatic heterocycles. The van der Waals surface area contributed by atoms with Gasteiger partial charge in [-0.3, -0.25) is 14.5 Å². The van der Waals surface area contributed by atoms with Crippen LogP contribution in [0.1, 0.15) is 18.1 Å². The second-order valence-corrected chi connectivity index (χ2v) is 8.97. The van der Waals surface area contributed by atoms with E-state index in [1.807, 2.05) is 53.4 Å². The summed E-state index contributed by atoms with van der Waals surface area (Å²) < 4.78 is 0. The predicted octanol–water partition coefficient (Wildman–Crippen LogP) is 5.21. The number of carboxylic acid groups (broad SMARTS) is 1. The molecule has 0 bridgehead atoms. The first-order valence-electron chi connectivity index (χ1n) is 10.9. The number of fused-ring (bicyclic) bond motifs is 2.